The van der Waals surface area contributed by atoms with Gasteiger partial charge in [0.1, 0.15) is 5.78 Å². The fraction of sp³-hybridized carbons (Fsp3) is 0.650. The van der Waals surface area contributed by atoms with Crippen LogP contribution in [0.5, 0.6) is 0 Å². The molecule has 3 aliphatic rings. The van der Waals surface area contributed by atoms with E-state index in [-0.39, 0.29) is 5.41 Å². The molecule has 2 saturated carbocycles. The maximum atomic E-state index is 13.1. The van der Waals surface area contributed by atoms with Crippen LogP contribution in [0.4, 0.5) is 0 Å². The highest BCUT2D eigenvalue weighted by atomic mass is 16.7. The molecule has 0 amide bonds. The van der Waals surface area contributed by atoms with Gasteiger partial charge in [0.2, 0.25) is 0 Å². The van der Waals surface area contributed by atoms with Crippen LogP contribution in [0.25, 0.3) is 0 Å². The number of carbonyl (C=O) groups is 1. The van der Waals surface area contributed by atoms with Crippen LogP contribution in [0, 0.1) is 11.3 Å². The van der Waals surface area contributed by atoms with Crippen molar-refractivity contribution in [1.82, 2.24) is 0 Å². The van der Waals surface area contributed by atoms with Crippen molar-refractivity contribution in [3.8, 4) is 0 Å². The summed E-state index contributed by atoms with van der Waals surface area (Å²) in [6.07, 6.45) is 7.63. The van der Waals surface area contributed by atoms with Gasteiger partial charge in [-0.25, -0.2) is 0 Å². The number of ketones is 1. The molecule has 0 aromatic heterocycles. The normalized spacial score (nSPS) is 33.4. The van der Waals surface area contributed by atoms with Gasteiger partial charge < -0.3 is 9.47 Å². The third-order valence-electron chi connectivity index (χ3n) is 6.23. The molecule has 0 radical (unpaired) electrons. The van der Waals surface area contributed by atoms with E-state index in [9.17, 15) is 4.79 Å². The van der Waals surface area contributed by atoms with Crippen LogP contribution < -0.4 is 0 Å². The Morgan fingerprint density at radius 3 is 2.61 bits per heavy atom. The molecule has 0 N–H and O–H groups in total. The zero-order valence-corrected chi connectivity index (χ0v) is 13.8. The molecule has 2 aliphatic carbocycles. The maximum absolute atomic E-state index is 13.1. The van der Waals surface area contributed by atoms with Crippen molar-refractivity contribution in [3.63, 3.8) is 0 Å². The highest BCUT2D eigenvalue weighted by Crippen LogP contribution is 2.54. The minimum atomic E-state index is -0.393. The first-order valence-electron chi connectivity index (χ1n) is 9.08. The van der Waals surface area contributed by atoms with Gasteiger partial charge in [-0.05, 0) is 37.2 Å². The highest BCUT2D eigenvalue weighted by Gasteiger charge is 2.55. The third kappa shape index (κ3) is 2.74. The van der Waals surface area contributed by atoms with Gasteiger partial charge in [0.05, 0.1) is 13.2 Å². The second kappa shape index (κ2) is 6.03. The lowest BCUT2D eigenvalue weighted by molar-refractivity contribution is -0.207. The van der Waals surface area contributed by atoms with Crippen molar-refractivity contribution >= 4 is 5.78 Å². The Hall–Kier alpha value is -1.19. The number of Topliss-reactive ketones (excluding diaryl/α,β-unsaturated/α-hetero) is 1. The quantitative estimate of drug-likeness (QED) is 0.830. The summed E-state index contributed by atoms with van der Waals surface area (Å²) in [5.41, 5.74) is 1.09. The predicted molar refractivity (Wildman–Crippen MR) is 88.0 cm³/mol. The lowest BCUT2D eigenvalue weighted by Gasteiger charge is -2.48. The molecule has 2 atom stereocenters. The van der Waals surface area contributed by atoms with Gasteiger partial charge in [-0.2, -0.15) is 0 Å². The Morgan fingerprint density at radius 2 is 1.83 bits per heavy atom. The molecule has 23 heavy (non-hydrogen) atoms. The Morgan fingerprint density at radius 1 is 1.04 bits per heavy atom. The number of fused-ring (bicyclic) bond motifs is 1. The summed E-state index contributed by atoms with van der Waals surface area (Å²) in [5, 5.41) is 0. The summed E-state index contributed by atoms with van der Waals surface area (Å²) in [6, 6.07) is 10.5. The Bertz CT molecular complexity index is 562. The summed E-state index contributed by atoms with van der Waals surface area (Å²) in [7, 11) is 0. The average Bonchev–Trinajstić information content (AvgIpc) is 2.96. The molecule has 1 saturated heterocycles. The van der Waals surface area contributed by atoms with Gasteiger partial charge in [0.15, 0.2) is 5.79 Å². The SMILES string of the molecule is O=C1CCCC[C@H]2CC3(CC[C@@]12Cc1ccccc1)OCCO3. The van der Waals surface area contributed by atoms with Gasteiger partial charge in [0, 0.05) is 24.7 Å². The minimum Gasteiger partial charge on any atom is -0.348 e. The van der Waals surface area contributed by atoms with Crippen LogP contribution in [0.15, 0.2) is 30.3 Å². The van der Waals surface area contributed by atoms with Crippen molar-refractivity contribution in [1.29, 1.82) is 0 Å². The van der Waals surface area contributed by atoms with E-state index in [4.69, 9.17) is 9.47 Å². The molecule has 3 nitrogen and oxygen atoms in total. The van der Waals surface area contributed by atoms with Gasteiger partial charge in [-0.15, -0.1) is 0 Å². The van der Waals surface area contributed by atoms with Crippen LogP contribution >= 0.6 is 0 Å². The number of rotatable bonds is 2. The third-order valence-corrected chi connectivity index (χ3v) is 6.23. The van der Waals surface area contributed by atoms with E-state index in [1.54, 1.807) is 0 Å². The van der Waals surface area contributed by atoms with Crippen LogP contribution in [0.2, 0.25) is 0 Å². The first kappa shape index (κ1) is 15.3. The standard InChI is InChI=1S/C20H26O3/c21-18-9-5-4-8-17-15-20(22-12-13-23-20)11-10-19(17,18)14-16-6-2-1-3-7-16/h1-3,6-7,17H,4-5,8-15H2/t17-,19-/m0/s1. The summed E-state index contributed by atoms with van der Waals surface area (Å²) in [6.45, 7) is 1.40. The number of benzene rings is 1. The Balaban J connectivity index is 1.65. The molecule has 1 aromatic rings. The zero-order valence-electron chi connectivity index (χ0n) is 13.8. The number of hydrogen-bond donors (Lipinski definition) is 0. The molecule has 1 aliphatic heterocycles. The topological polar surface area (TPSA) is 35.5 Å². The highest BCUT2D eigenvalue weighted by molar-refractivity contribution is 5.86. The molecular formula is C20H26O3. The summed E-state index contributed by atoms with van der Waals surface area (Å²) in [5.74, 6) is 0.483. The summed E-state index contributed by atoms with van der Waals surface area (Å²) in [4.78, 5) is 13.1. The van der Waals surface area contributed by atoms with Crippen LogP contribution in [0.3, 0.4) is 0 Å². The van der Waals surface area contributed by atoms with E-state index in [0.717, 1.165) is 51.4 Å². The monoisotopic (exact) mass is 314 g/mol. The van der Waals surface area contributed by atoms with E-state index in [0.29, 0.717) is 24.9 Å². The van der Waals surface area contributed by atoms with E-state index < -0.39 is 5.79 Å². The van der Waals surface area contributed by atoms with Gasteiger partial charge in [-0.3, -0.25) is 4.79 Å². The number of carbonyl (C=O) groups excluding carboxylic acids is 1. The molecule has 124 valence electrons. The summed E-state index contributed by atoms with van der Waals surface area (Å²) < 4.78 is 11.9. The minimum absolute atomic E-state index is 0.196. The van der Waals surface area contributed by atoms with Crippen molar-refractivity contribution in [2.24, 2.45) is 11.3 Å². The smallest absolute Gasteiger partial charge is 0.168 e. The van der Waals surface area contributed by atoms with Crippen molar-refractivity contribution in [3.05, 3.63) is 35.9 Å². The van der Waals surface area contributed by atoms with Crippen LogP contribution in [-0.2, 0) is 20.7 Å². The number of ether oxygens (including phenoxy) is 2. The first-order valence-corrected chi connectivity index (χ1v) is 9.08. The zero-order chi connectivity index (χ0) is 15.8. The lowest BCUT2D eigenvalue weighted by atomic mass is 9.59. The predicted octanol–water partition coefficient (Wildman–Crippen LogP) is 3.90. The Labute approximate surface area is 138 Å². The molecule has 4 rings (SSSR count). The van der Waals surface area contributed by atoms with E-state index in [1.807, 2.05) is 6.07 Å². The molecule has 0 bridgehead atoms. The molecule has 3 heteroatoms. The second-order valence-electron chi connectivity index (χ2n) is 7.50. The Kier molecular flexibility index (Phi) is 4.02. The maximum Gasteiger partial charge on any atom is 0.168 e. The first-order chi connectivity index (χ1) is 11.2. The lowest BCUT2D eigenvalue weighted by Crippen LogP contribution is -2.50. The second-order valence-corrected chi connectivity index (χ2v) is 7.50. The van der Waals surface area contributed by atoms with E-state index in [2.05, 4.69) is 24.3 Å². The van der Waals surface area contributed by atoms with Crippen molar-refractivity contribution in [2.75, 3.05) is 13.2 Å². The molecule has 1 heterocycles. The van der Waals surface area contributed by atoms with Crippen molar-refractivity contribution < 1.29 is 14.3 Å². The van der Waals surface area contributed by atoms with Gasteiger partial charge >= 0.3 is 0 Å². The fourth-order valence-corrected chi connectivity index (χ4v) is 5.01. The van der Waals surface area contributed by atoms with Crippen LogP contribution in [-0.4, -0.2) is 24.8 Å². The van der Waals surface area contributed by atoms with Crippen molar-refractivity contribution in [2.45, 2.75) is 57.2 Å². The number of hydrogen-bond acceptors (Lipinski definition) is 3. The molecule has 1 spiro atoms. The largest absolute Gasteiger partial charge is 0.348 e. The summed E-state index contributed by atoms with van der Waals surface area (Å²) >= 11 is 0. The molecule has 1 aromatic carbocycles. The average molecular weight is 314 g/mol. The molecule has 0 unspecified atom stereocenters. The molecular weight excluding hydrogens is 288 g/mol. The molecule has 3 fully saturated rings. The van der Waals surface area contributed by atoms with Crippen LogP contribution in [0.1, 0.15) is 50.5 Å². The fourth-order valence-electron chi connectivity index (χ4n) is 5.01. The van der Waals surface area contributed by atoms with E-state index >= 15 is 0 Å². The van der Waals surface area contributed by atoms with Gasteiger partial charge in [0.25, 0.3) is 0 Å². The van der Waals surface area contributed by atoms with E-state index in [1.165, 1.54) is 5.56 Å². The van der Waals surface area contributed by atoms with Gasteiger partial charge in [-0.1, -0.05) is 36.8 Å².